The van der Waals surface area contributed by atoms with Gasteiger partial charge in [-0.2, -0.15) is 0 Å². The van der Waals surface area contributed by atoms with Crippen LogP contribution in [0.15, 0.2) is 108 Å². The van der Waals surface area contributed by atoms with Gasteiger partial charge in [0.15, 0.2) is 0 Å². The van der Waals surface area contributed by atoms with Crippen molar-refractivity contribution in [2.75, 3.05) is 4.31 Å². The molecule has 0 aromatic heterocycles. The van der Waals surface area contributed by atoms with Crippen LogP contribution in [0.4, 0.5) is 5.69 Å². The second-order valence-electron chi connectivity index (χ2n) is 9.79. The molecule has 0 aliphatic heterocycles. The second-order valence-corrected chi connectivity index (χ2v) is 11.6. The molecule has 4 aromatic carbocycles. The summed E-state index contributed by atoms with van der Waals surface area (Å²) in [4.78, 5) is 13.2. The third-order valence-corrected chi connectivity index (χ3v) is 8.93. The van der Waals surface area contributed by atoms with Gasteiger partial charge in [0.05, 0.1) is 23.2 Å². The molecule has 194 valence electrons. The number of aryl methyl sites for hydroxylation is 2. The summed E-state index contributed by atoms with van der Waals surface area (Å²) in [5, 5.41) is 3.11. The zero-order valence-electron chi connectivity index (χ0n) is 21.5. The van der Waals surface area contributed by atoms with E-state index in [9.17, 15) is 13.2 Å². The van der Waals surface area contributed by atoms with E-state index in [2.05, 4.69) is 23.5 Å². The molecule has 1 N–H and O–H groups in total. The number of anilines is 1. The number of nitrogens with zero attached hydrogens (tertiary/aromatic N) is 1. The van der Waals surface area contributed by atoms with E-state index in [1.54, 1.807) is 54.6 Å². The van der Waals surface area contributed by atoms with Crippen molar-refractivity contribution >= 4 is 21.6 Å². The van der Waals surface area contributed by atoms with E-state index < -0.39 is 10.0 Å². The smallest absolute Gasteiger partial charge is 0.264 e. The molecule has 0 bridgehead atoms. The highest BCUT2D eigenvalue weighted by atomic mass is 32.2. The number of carbonyl (C=O) groups is 1. The van der Waals surface area contributed by atoms with Crippen molar-refractivity contribution in [1.29, 1.82) is 0 Å². The van der Waals surface area contributed by atoms with Crippen LogP contribution in [0.3, 0.4) is 0 Å². The maximum absolute atomic E-state index is 13.5. The van der Waals surface area contributed by atoms with E-state index in [1.165, 1.54) is 28.3 Å². The highest BCUT2D eigenvalue weighted by Crippen LogP contribution is 2.27. The molecule has 0 fully saturated rings. The Hall–Kier alpha value is -3.90. The van der Waals surface area contributed by atoms with E-state index in [4.69, 9.17) is 0 Å². The van der Waals surface area contributed by atoms with Crippen LogP contribution < -0.4 is 9.62 Å². The molecule has 0 heterocycles. The minimum Gasteiger partial charge on any atom is -0.346 e. The molecule has 6 heteroatoms. The minimum atomic E-state index is -3.78. The molecule has 4 aromatic rings. The molecule has 1 aliphatic rings. The number of hydrogen-bond acceptors (Lipinski definition) is 3. The van der Waals surface area contributed by atoms with Gasteiger partial charge >= 0.3 is 0 Å². The number of nitrogens with one attached hydrogen (secondary N) is 1. The van der Waals surface area contributed by atoms with Crippen molar-refractivity contribution < 1.29 is 13.2 Å². The van der Waals surface area contributed by atoms with Crippen LogP contribution in [-0.2, 0) is 29.4 Å². The van der Waals surface area contributed by atoms with E-state index in [0.717, 1.165) is 24.0 Å². The van der Waals surface area contributed by atoms with E-state index in [-0.39, 0.29) is 23.4 Å². The van der Waals surface area contributed by atoms with Gasteiger partial charge in [0.1, 0.15) is 0 Å². The first-order valence-corrected chi connectivity index (χ1v) is 14.5. The van der Waals surface area contributed by atoms with Gasteiger partial charge in [0.25, 0.3) is 15.9 Å². The van der Waals surface area contributed by atoms with E-state index in [1.807, 2.05) is 37.3 Å². The van der Waals surface area contributed by atoms with Gasteiger partial charge in [-0.1, -0.05) is 66.7 Å². The first-order chi connectivity index (χ1) is 18.4. The molecule has 1 aliphatic carbocycles. The summed E-state index contributed by atoms with van der Waals surface area (Å²) >= 11 is 0. The number of benzene rings is 4. The Morgan fingerprint density at radius 2 is 1.45 bits per heavy atom. The van der Waals surface area contributed by atoms with Gasteiger partial charge < -0.3 is 5.32 Å². The minimum absolute atomic E-state index is 0.112. The lowest BCUT2D eigenvalue weighted by atomic mass is 9.89. The van der Waals surface area contributed by atoms with E-state index in [0.29, 0.717) is 11.3 Å². The number of hydrogen-bond donors (Lipinski definition) is 1. The van der Waals surface area contributed by atoms with Gasteiger partial charge in [-0.05, 0) is 91.3 Å². The summed E-state index contributed by atoms with van der Waals surface area (Å²) < 4.78 is 28.4. The number of para-hydroxylation sites is 1. The molecule has 1 atom stereocenters. The van der Waals surface area contributed by atoms with Gasteiger partial charge in [-0.15, -0.1) is 0 Å². The fourth-order valence-corrected chi connectivity index (χ4v) is 6.42. The highest BCUT2D eigenvalue weighted by Gasteiger charge is 2.25. The Bertz CT molecular complexity index is 1500. The van der Waals surface area contributed by atoms with Gasteiger partial charge in [-0.25, -0.2) is 8.42 Å². The Balaban J connectivity index is 1.31. The van der Waals surface area contributed by atoms with Crippen molar-refractivity contribution in [2.24, 2.45) is 0 Å². The SMILES string of the molecule is C[C@@H](NC(=O)c1ccc(CN(c2ccccc2)S(=O)(=O)c2ccccc2)cc1)c1ccc2c(c1)CCCC2. The molecule has 0 unspecified atom stereocenters. The average Bonchev–Trinajstić information content (AvgIpc) is 2.96. The standard InChI is InChI=1S/C32H32N2O3S/c1-24(28-21-20-26-10-8-9-11-29(26)22-28)33-32(35)27-18-16-25(17-19-27)23-34(30-12-4-2-5-13-30)38(36,37)31-14-6-3-7-15-31/h2-7,12-22,24H,8-11,23H2,1H3,(H,33,35)/t24-/m1/s1. The first-order valence-electron chi connectivity index (χ1n) is 13.1. The van der Waals surface area contributed by atoms with Crippen LogP contribution in [0.5, 0.6) is 0 Å². The van der Waals surface area contributed by atoms with Gasteiger partial charge in [0.2, 0.25) is 0 Å². The Morgan fingerprint density at radius 1 is 0.816 bits per heavy atom. The molecular formula is C32H32N2O3S. The Morgan fingerprint density at radius 3 is 2.13 bits per heavy atom. The lowest BCUT2D eigenvalue weighted by Crippen LogP contribution is -2.30. The number of sulfonamides is 1. The Labute approximate surface area is 225 Å². The van der Waals surface area contributed by atoms with Crippen molar-refractivity contribution in [2.45, 2.75) is 50.1 Å². The second kappa shape index (κ2) is 11.2. The van der Waals surface area contributed by atoms with Crippen molar-refractivity contribution in [3.05, 3.63) is 131 Å². The highest BCUT2D eigenvalue weighted by molar-refractivity contribution is 7.92. The lowest BCUT2D eigenvalue weighted by Gasteiger charge is -2.25. The number of rotatable bonds is 8. The number of amides is 1. The fraction of sp³-hybridized carbons (Fsp3) is 0.219. The van der Waals surface area contributed by atoms with Gasteiger partial charge in [0, 0.05) is 5.56 Å². The van der Waals surface area contributed by atoms with Crippen LogP contribution in [0, 0.1) is 0 Å². The van der Waals surface area contributed by atoms with Gasteiger partial charge in [-0.3, -0.25) is 9.10 Å². The van der Waals surface area contributed by atoms with Crippen LogP contribution in [0.2, 0.25) is 0 Å². The van der Waals surface area contributed by atoms with Crippen molar-refractivity contribution in [3.63, 3.8) is 0 Å². The number of carbonyl (C=O) groups excluding carboxylic acids is 1. The molecule has 0 radical (unpaired) electrons. The normalized spacial score (nSPS) is 13.8. The molecule has 38 heavy (non-hydrogen) atoms. The molecular weight excluding hydrogens is 492 g/mol. The molecule has 0 saturated carbocycles. The summed E-state index contributed by atoms with van der Waals surface area (Å²) in [7, 11) is -3.78. The molecule has 5 rings (SSSR count). The van der Waals surface area contributed by atoms with Crippen LogP contribution in [-0.4, -0.2) is 14.3 Å². The van der Waals surface area contributed by atoms with Crippen LogP contribution in [0.25, 0.3) is 0 Å². The lowest BCUT2D eigenvalue weighted by molar-refractivity contribution is 0.0940. The summed E-state index contributed by atoms with van der Waals surface area (Å²) in [6.07, 6.45) is 4.70. The predicted molar refractivity (Wildman–Crippen MR) is 152 cm³/mol. The fourth-order valence-electron chi connectivity index (χ4n) is 4.94. The zero-order chi connectivity index (χ0) is 26.5. The summed E-state index contributed by atoms with van der Waals surface area (Å²) in [5.74, 6) is -0.154. The van der Waals surface area contributed by atoms with Crippen molar-refractivity contribution in [3.8, 4) is 0 Å². The largest absolute Gasteiger partial charge is 0.346 e. The molecule has 0 spiro atoms. The third-order valence-electron chi connectivity index (χ3n) is 7.14. The molecule has 0 saturated heterocycles. The van der Waals surface area contributed by atoms with Crippen LogP contribution >= 0.6 is 0 Å². The topological polar surface area (TPSA) is 66.5 Å². The van der Waals surface area contributed by atoms with Crippen molar-refractivity contribution in [1.82, 2.24) is 5.32 Å². The van der Waals surface area contributed by atoms with Crippen LogP contribution in [0.1, 0.15) is 58.4 Å². The monoisotopic (exact) mass is 524 g/mol. The number of fused-ring (bicyclic) bond motifs is 1. The maximum Gasteiger partial charge on any atom is 0.264 e. The Kier molecular flexibility index (Phi) is 7.61. The first kappa shape index (κ1) is 25.7. The maximum atomic E-state index is 13.5. The zero-order valence-corrected chi connectivity index (χ0v) is 22.3. The molecule has 1 amide bonds. The van der Waals surface area contributed by atoms with E-state index >= 15 is 0 Å². The summed E-state index contributed by atoms with van der Waals surface area (Å²) in [6.45, 7) is 2.15. The average molecular weight is 525 g/mol. The molecule has 5 nitrogen and oxygen atoms in total. The third kappa shape index (κ3) is 5.65. The summed E-state index contributed by atoms with van der Waals surface area (Å²) in [6, 6.07) is 31.1. The summed E-state index contributed by atoms with van der Waals surface area (Å²) in [5.41, 5.74) is 5.83. The quantitative estimate of drug-likeness (QED) is 0.288. The predicted octanol–water partition coefficient (Wildman–Crippen LogP) is 6.45.